The largest absolute Gasteiger partial charge is 0.464 e. The molecule has 0 bridgehead atoms. The standard InChI is InChI=1S/C16H11FN2O/c17-14-5-3-6-15(13(14)8-18)19-9-11-10-20-16-7-2-1-4-12(11)16/h1-7,10,19H,9H2. The summed E-state index contributed by atoms with van der Waals surface area (Å²) in [6.45, 7) is 0.467. The molecule has 0 radical (unpaired) electrons. The maximum Gasteiger partial charge on any atom is 0.143 e. The maximum absolute atomic E-state index is 13.5. The Kier molecular flexibility index (Phi) is 3.10. The molecule has 3 nitrogen and oxygen atoms in total. The van der Waals surface area contributed by atoms with Crippen molar-refractivity contribution in [3.05, 3.63) is 65.7 Å². The summed E-state index contributed by atoms with van der Waals surface area (Å²) in [5, 5.41) is 13.1. The first-order valence-electron chi connectivity index (χ1n) is 6.17. The lowest BCUT2D eigenvalue weighted by Crippen LogP contribution is -2.01. The minimum atomic E-state index is -0.519. The molecule has 0 fully saturated rings. The van der Waals surface area contributed by atoms with E-state index in [-0.39, 0.29) is 5.56 Å². The molecule has 98 valence electrons. The molecule has 1 aromatic heterocycles. The molecule has 1 heterocycles. The van der Waals surface area contributed by atoms with E-state index in [0.29, 0.717) is 12.2 Å². The van der Waals surface area contributed by atoms with E-state index in [2.05, 4.69) is 5.32 Å². The molecule has 0 aliphatic carbocycles. The molecular weight excluding hydrogens is 255 g/mol. The van der Waals surface area contributed by atoms with E-state index in [4.69, 9.17) is 9.68 Å². The van der Waals surface area contributed by atoms with E-state index in [9.17, 15) is 4.39 Å². The summed E-state index contributed by atoms with van der Waals surface area (Å²) < 4.78 is 18.9. The van der Waals surface area contributed by atoms with Crippen LogP contribution < -0.4 is 5.32 Å². The number of rotatable bonds is 3. The zero-order valence-corrected chi connectivity index (χ0v) is 10.6. The van der Waals surface area contributed by atoms with Gasteiger partial charge in [-0.15, -0.1) is 0 Å². The van der Waals surface area contributed by atoms with Crippen LogP contribution in [0.1, 0.15) is 11.1 Å². The summed E-state index contributed by atoms with van der Waals surface area (Å²) in [5.41, 5.74) is 2.29. The van der Waals surface area contributed by atoms with Gasteiger partial charge in [0.15, 0.2) is 0 Å². The van der Waals surface area contributed by atoms with Crippen molar-refractivity contribution in [2.45, 2.75) is 6.54 Å². The number of nitrogens with zero attached hydrogens (tertiary/aromatic N) is 1. The average molecular weight is 266 g/mol. The zero-order chi connectivity index (χ0) is 13.9. The fourth-order valence-corrected chi connectivity index (χ4v) is 2.15. The van der Waals surface area contributed by atoms with Gasteiger partial charge < -0.3 is 9.73 Å². The first kappa shape index (κ1) is 12.2. The fraction of sp³-hybridized carbons (Fsp3) is 0.0625. The Morgan fingerprint density at radius 1 is 1.15 bits per heavy atom. The van der Waals surface area contributed by atoms with Crippen LogP contribution in [0.2, 0.25) is 0 Å². The van der Waals surface area contributed by atoms with Crippen molar-refractivity contribution in [3.63, 3.8) is 0 Å². The van der Waals surface area contributed by atoms with E-state index >= 15 is 0 Å². The molecule has 0 saturated carbocycles. The van der Waals surface area contributed by atoms with Crippen LogP contribution >= 0.6 is 0 Å². The second kappa shape index (κ2) is 5.06. The Morgan fingerprint density at radius 3 is 2.85 bits per heavy atom. The molecule has 0 unspecified atom stereocenters. The summed E-state index contributed by atoms with van der Waals surface area (Å²) in [4.78, 5) is 0. The summed E-state index contributed by atoms with van der Waals surface area (Å²) in [6, 6.07) is 14.1. The number of benzene rings is 2. The van der Waals surface area contributed by atoms with Crippen LogP contribution in [0.4, 0.5) is 10.1 Å². The number of fused-ring (bicyclic) bond motifs is 1. The van der Waals surface area contributed by atoms with Crippen molar-refractivity contribution in [2.75, 3.05) is 5.32 Å². The highest BCUT2D eigenvalue weighted by Gasteiger charge is 2.09. The van der Waals surface area contributed by atoms with Crippen molar-refractivity contribution < 1.29 is 8.81 Å². The van der Waals surface area contributed by atoms with E-state index in [1.165, 1.54) is 6.07 Å². The highest BCUT2D eigenvalue weighted by Crippen LogP contribution is 2.23. The molecule has 1 N–H and O–H groups in total. The highest BCUT2D eigenvalue weighted by atomic mass is 19.1. The lowest BCUT2D eigenvalue weighted by Gasteiger charge is -2.07. The molecule has 2 aromatic carbocycles. The molecule has 0 aliphatic heterocycles. The van der Waals surface area contributed by atoms with Crippen LogP contribution in [0.5, 0.6) is 0 Å². The second-order valence-corrected chi connectivity index (χ2v) is 4.38. The van der Waals surface area contributed by atoms with E-state index in [1.807, 2.05) is 30.3 Å². The number of nitriles is 1. The molecule has 4 heteroatoms. The topological polar surface area (TPSA) is 49.0 Å². The van der Waals surface area contributed by atoms with E-state index in [1.54, 1.807) is 18.4 Å². The van der Waals surface area contributed by atoms with Crippen molar-refractivity contribution in [3.8, 4) is 6.07 Å². The van der Waals surface area contributed by atoms with Gasteiger partial charge in [0.25, 0.3) is 0 Å². The Labute approximate surface area is 115 Å². The minimum absolute atomic E-state index is 0.0281. The average Bonchev–Trinajstić information content (AvgIpc) is 2.88. The normalized spacial score (nSPS) is 10.4. The predicted molar refractivity (Wildman–Crippen MR) is 74.7 cm³/mol. The number of hydrogen-bond donors (Lipinski definition) is 1. The molecule has 3 aromatic rings. The van der Waals surface area contributed by atoms with Crippen LogP contribution in [0.3, 0.4) is 0 Å². The number of hydrogen-bond acceptors (Lipinski definition) is 3. The number of para-hydroxylation sites is 1. The van der Waals surface area contributed by atoms with Crippen LogP contribution in [-0.4, -0.2) is 0 Å². The Morgan fingerprint density at radius 2 is 2.00 bits per heavy atom. The van der Waals surface area contributed by atoms with Gasteiger partial charge in [0.05, 0.1) is 12.0 Å². The molecule has 0 spiro atoms. The van der Waals surface area contributed by atoms with Gasteiger partial charge in [0, 0.05) is 17.5 Å². The van der Waals surface area contributed by atoms with Gasteiger partial charge in [-0.3, -0.25) is 0 Å². The molecule has 0 aliphatic rings. The number of anilines is 1. The van der Waals surface area contributed by atoms with Gasteiger partial charge in [-0.25, -0.2) is 4.39 Å². The SMILES string of the molecule is N#Cc1c(F)cccc1NCc1coc2ccccc12. The Hall–Kier alpha value is -2.80. The molecular formula is C16H11FN2O. The quantitative estimate of drug-likeness (QED) is 0.777. The van der Waals surface area contributed by atoms with Gasteiger partial charge in [0.1, 0.15) is 23.0 Å². The van der Waals surface area contributed by atoms with Crippen molar-refractivity contribution in [1.29, 1.82) is 5.26 Å². The Balaban J connectivity index is 1.87. The van der Waals surface area contributed by atoms with Gasteiger partial charge in [-0.2, -0.15) is 5.26 Å². The summed E-state index contributed by atoms with van der Waals surface area (Å²) in [7, 11) is 0. The van der Waals surface area contributed by atoms with Gasteiger partial charge in [-0.1, -0.05) is 24.3 Å². The predicted octanol–water partition coefficient (Wildman–Crippen LogP) is 4.06. The van der Waals surface area contributed by atoms with Crippen molar-refractivity contribution in [2.24, 2.45) is 0 Å². The minimum Gasteiger partial charge on any atom is -0.464 e. The summed E-state index contributed by atoms with van der Waals surface area (Å²) in [5.74, 6) is -0.519. The van der Waals surface area contributed by atoms with Crippen LogP contribution in [-0.2, 0) is 6.54 Å². The monoisotopic (exact) mass is 266 g/mol. The van der Waals surface area contributed by atoms with Crippen LogP contribution in [0.25, 0.3) is 11.0 Å². The number of furan rings is 1. The zero-order valence-electron chi connectivity index (χ0n) is 10.6. The first-order valence-corrected chi connectivity index (χ1v) is 6.17. The van der Waals surface area contributed by atoms with Crippen molar-refractivity contribution in [1.82, 2.24) is 0 Å². The summed E-state index contributed by atoms with van der Waals surface area (Å²) in [6.07, 6.45) is 1.67. The summed E-state index contributed by atoms with van der Waals surface area (Å²) >= 11 is 0. The maximum atomic E-state index is 13.5. The van der Waals surface area contributed by atoms with Crippen molar-refractivity contribution >= 4 is 16.7 Å². The van der Waals surface area contributed by atoms with Crippen LogP contribution in [0.15, 0.2) is 53.1 Å². The number of nitrogens with one attached hydrogen (secondary N) is 1. The first-order chi connectivity index (χ1) is 9.79. The van der Waals surface area contributed by atoms with Gasteiger partial charge >= 0.3 is 0 Å². The van der Waals surface area contributed by atoms with Gasteiger partial charge in [-0.05, 0) is 18.2 Å². The molecule has 0 atom stereocenters. The lowest BCUT2D eigenvalue weighted by atomic mass is 10.1. The van der Waals surface area contributed by atoms with Gasteiger partial charge in [0.2, 0.25) is 0 Å². The molecule has 0 saturated heterocycles. The smallest absolute Gasteiger partial charge is 0.143 e. The third kappa shape index (κ3) is 2.10. The fourth-order valence-electron chi connectivity index (χ4n) is 2.15. The van der Waals surface area contributed by atoms with Crippen LogP contribution in [0, 0.1) is 17.1 Å². The highest BCUT2D eigenvalue weighted by molar-refractivity contribution is 5.81. The van der Waals surface area contributed by atoms with E-state index < -0.39 is 5.82 Å². The van der Waals surface area contributed by atoms with E-state index in [0.717, 1.165) is 16.5 Å². The molecule has 3 rings (SSSR count). The Bertz CT molecular complexity index is 802. The molecule has 0 amide bonds. The molecule has 20 heavy (non-hydrogen) atoms. The lowest BCUT2D eigenvalue weighted by molar-refractivity contribution is 0.611. The third-order valence-electron chi connectivity index (χ3n) is 3.16. The second-order valence-electron chi connectivity index (χ2n) is 4.38. The number of halogens is 1. The third-order valence-corrected chi connectivity index (χ3v) is 3.16.